The zero-order valence-electron chi connectivity index (χ0n) is 16.4. The van der Waals surface area contributed by atoms with Crippen molar-refractivity contribution in [3.63, 3.8) is 0 Å². The molecule has 0 radical (unpaired) electrons. The lowest BCUT2D eigenvalue weighted by atomic mass is 9.95. The zero-order chi connectivity index (χ0) is 20.1. The highest BCUT2D eigenvalue weighted by Gasteiger charge is 2.30. The second-order valence-corrected chi connectivity index (χ2v) is 8.43. The first-order chi connectivity index (χ1) is 14.0. The fraction of sp³-hybridized carbons (Fsp3) is 0.364. The first-order valence-electron chi connectivity index (χ1n) is 9.98. The zero-order valence-corrected chi connectivity index (χ0v) is 17.2. The molecular weight excluding hydrogens is 388 g/mol. The van der Waals surface area contributed by atoms with Gasteiger partial charge in [-0.3, -0.25) is 4.79 Å². The van der Waals surface area contributed by atoms with Gasteiger partial charge in [-0.1, -0.05) is 24.6 Å². The topological polar surface area (TPSA) is 75.3 Å². The summed E-state index contributed by atoms with van der Waals surface area (Å²) in [5.74, 6) is 1.13. The average Bonchev–Trinajstić information content (AvgIpc) is 3.26. The Bertz CT molecular complexity index is 1050. The Morgan fingerprint density at radius 3 is 2.93 bits per heavy atom. The van der Waals surface area contributed by atoms with Gasteiger partial charge in [-0.15, -0.1) is 0 Å². The monoisotopic (exact) mass is 410 g/mol. The lowest BCUT2D eigenvalue weighted by molar-refractivity contribution is -0.110. The number of carbonyl (C=O) groups is 1. The third kappa shape index (κ3) is 3.16. The summed E-state index contributed by atoms with van der Waals surface area (Å²) >= 11 is 6.57. The molecule has 1 aromatic carbocycles. The summed E-state index contributed by atoms with van der Waals surface area (Å²) in [7, 11) is 0. The molecule has 4 heterocycles. The average molecular weight is 411 g/mol. The van der Waals surface area contributed by atoms with E-state index in [1.54, 1.807) is 0 Å². The number of rotatable bonds is 2. The van der Waals surface area contributed by atoms with Crippen LogP contribution in [0.3, 0.4) is 0 Å². The maximum absolute atomic E-state index is 12.7. The molecule has 3 aliphatic rings. The number of pyridine rings is 1. The van der Waals surface area contributed by atoms with Crippen LogP contribution in [0, 0.1) is 12.8 Å². The number of carbonyl (C=O) groups excluding carboxylic acids is 1. The Hall–Kier alpha value is -2.57. The van der Waals surface area contributed by atoms with Crippen molar-refractivity contribution in [2.45, 2.75) is 26.3 Å². The SMILES string of the molecule is Cc1c(-c2cc(Cl)c3c(c2)/C(=C/C2CC(C)CN2)C(=O)N3)cnc2c1NCCO2. The molecule has 1 aromatic heterocycles. The molecule has 7 heteroatoms. The molecule has 0 spiro atoms. The molecule has 1 fully saturated rings. The van der Waals surface area contributed by atoms with E-state index in [0.717, 1.165) is 47.5 Å². The molecule has 0 aliphatic carbocycles. The number of benzene rings is 1. The quantitative estimate of drug-likeness (QED) is 0.656. The molecule has 0 saturated carbocycles. The van der Waals surface area contributed by atoms with Crippen LogP contribution >= 0.6 is 11.6 Å². The van der Waals surface area contributed by atoms with E-state index in [1.807, 2.05) is 31.3 Å². The molecule has 6 nitrogen and oxygen atoms in total. The van der Waals surface area contributed by atoms with Crippen LogP contribution in [0.5, 0.6) is 5.88 Å². The summed E-state index contributed by atoms with van der Waals surface area (Å²) in [6.45, 7) is 6.59. The number of fused-ring (bicyclic) bond motifs is 2. The van der Waals surface area contributed by atoms with Crippen LogP contribution in [-0.2, 0) is 4.79 Å². The predicted molar refractivity (Wildman–Crippen MR) is 116 cm³/mol. The highest BCUT2D eigenvalue weighted by Crippen LogP contribution is 2.43. The second kappa shape index (κ2) is 7.04. The molecule has 2 unspecified atom stereocenters. The number of hydrogen-bond acceptors (Lipinski definition) is 5. The Labute approximate surface area is 174 Å². The molecular formula is C22H23ClN4O2. The van der Waals surface area contributed by atoms with E-state index >= 15 is 0 Å². The maximum Gasteiger partial charge on any atom is 0.256 e. The van der Waals surface area contributed by atoms with Crippen LogP contribution in [0.25, 0.3) is 16.7 Å². The van der Waals surface area contributed by atoms with Crippen molar-refractivity contribution >= 4 is 34.5 Å². The Balaban J connectivity index is 1.59. The van der Waals surface area contributed by atoms with Gasteiger partial charge in [0.1, 0.15) is 12.3 Å². The van der Waals surface area contributed by atoms with Crippen LogP contribution < -0.4 is 20.7 Å². The summed E-state index contributed by atoms with van der Waals surface area (Å²) < 4.78 is 5.64. The largest absolute Gasteiger partial charge is 0.474 e. The van der Waals surface area contributed by atoms with Gasteiger partial charge in [0.05, 0.1) is 10.7 Å². The summed E-state index contributed by atoms with van der Waals surface area (Å²) in [6, 6.07) is 4.12. The summed E-state index contributed by atoms with van der Waals surface area (Å²) in [6.07, 6.45) is 4.88. The molecule has 29 heavy (non-hydrogen) atoms. The lowest BCUT2D eigenvalue weighted by Gasteiger charge is -2.21. The van der Waals surface area contributed by atoms with Gasteiger partial charge in [0.25, 0.3) is 5.91 Å². The van der Waals surface area contributed by atoms with Gasteiger partial charge in [-0.05, 0) is 49.1 Å². The normalized spacial score (nSPS) is 24.0. The minimum atomic E-state index is -0.101. The van der Waals surface area contributed by atoms with Gasteiger partial charge in [0.15, 0.2) is 0 Å². The van der Waals surface area contributed by atoms with Crippen LogP contribution in [-0.4, -0.2) is 36.6 Å². The number of nitrogens with zero attached hydrogens (tertiary/aromatic N) is 1. The summed E-state index contributed by atoms with van der Waals surface area (Å²) in [5, 5.41) is 10.3. The maximum atomic E-state index is 12.7. The third-order valence-electron chi connectivity index (χ3n) is 5.87. The van der Waals surface area contributed by atoms with Gasteiger partial charge in [0.2, 0.25) is 5.88 Å². The predicted octanol–water partition coefficient (Wildman–Crippen LogP) is 3.85. The van der Waals surface area contributed by atoms with Crippen molar-refractivity contribution in [1.29, 1.82) is 0 Å². The number of nitrogens with one attached hydrogen (secondary N) is 3. The fourth-order valence-corrected chi connectivity index (χ4v) is 4.63. The molecule has 2 aromatic rings. The second-order valence-electron chi connectivity index (χ2n) is 8.02. The van der Waals surface area contributed by atoms with Gasteiger partial charge in [-0.2, -0.15) is 0 Å². The molecule has 1 saturated heterocycles. The number of amides is 1. The van der Waals surface area contributed by atoms with E-state index in [9.17, 15) is 4.79 Å². The van der Waals surface area contributed by atoms with E-state index in [0.29, 0.717) is 34.7 Å². The number of hydrogen-bond donors (Lipinski definition) is 3. The van der Waals surface area contributed by atoms with Crippen molar-refractivity contribution in [1.82, 2.24) is 10.3 Å². The smallest absolute Gasteiger partial charge is 0.256 e. The lowest BCUT2D eigenvalue weighted by Crippen LogP contribution is -2.20. The number of aromatic nitrogens is 1. The van der Waals surface area contributed by atoms with E-state index in [2.05, 4.69) is 27.9 Å². The molecule has 1 amide bonds. The van der Waals surface area contributed by atoms with Crippen LogP contribution in [0.15, 0.2) is 24.4 Å². The molecule has 150 valence electrons. The fourth-order valence-electron chi connectivity index (χ4n) is 4.36. The summed E-state index contributed by atoms with van der Waals surface area (Å²) in [5.41, 5.74) is 6.09. The van der Waals surface area contributed by atoms with Crippen LogP contribution in [0.1, 0.15) is 24.5 Å². The van der Waals surface area contributed by atoms with Crippen molar-refractivity contribution in [2.75, 3.05) is 30.3 Å². The Morgan fingerprint density at radius 2 is 2.14 bits per heavy atom. The third-order valence-corrected chi connectivity index (χ3v) is 6.17. The summed E-state index contributed by atoms with van der Waals surface area (Å²) in [4.78, 5) is 17.1. The van der Waals surface area contributed by atoms with E-state index in [1.165, 1.54) is 0 Å². The molecule has 2 atom stereocenters. The number of halogens is 1. The van der Waals surface area contributed by atoms with Crippen LogP contribution in [0.2, 0.25) is 5.02 Å². The van der Waals surface area contributed by atoms with Crippen molar-refractivity contribution in [3.8, 4) is 17.0 Å². The Morgan fingerprint density at radius 1 is 1.28 bits per heavy atom. The van der Waals surface area contributed by atoms with Crippen LogP contribution in [0.4, 0.5) is 11.4 Å². The van der Waals surface area contributed by atoms with Gasteiger partial charge in [0, 0.05) is 35.5 Å². The van der Waals surface area contributed by atoms with Gasteiger partial charge >= 0.3 is 0 Å². The number of anilines is 2. The highest BCUT2D eigenvalue weighted by atomic mass is 35.5. The molecule has 3 N–H and O–H groups in total. The Kier molecular flexibility index (Phi) is 4.48. The van der Waals surface area contributed by atoms with Crippen molar-refractivity contribution in [2.24, 2.45) is 5.92 Å². The van der Waals surface area contributed by atoms with Crippen molar-refractivity contribution < 1.29 is 9.53 Å². The van der Waals surface area contributed by atoms with E-state index < -0.39 is 0 Å². The highest BCUT2D eigenvalue weighted by molar-refractivity contribution is 6.40. The number of ether oxygens (including phenoxy) is 1. The first kappa shape index (κ1) is 18.5. The van der Waals surface area contributed by atoms with Gasteiger partial charge < -0.3 is 20.7 Å². The van der Waals surface area contributed by atoms with Gasteiger partial charge in [-0.25, -0.2) is 4.98 Å². The molecule has 0 bridgehead atoms. The minimum Gasteiger partial charge on any atom is -0.474 e. The van der Waals surface area contributed by atoms with E-state index in [-0.39, 0.29) is 11.9 Å². The van der Waals surface area contributed by atoms with Crippen molar-refractivity contribution in [3.05, 3.63) is 40.6 Å². The van der Waals surface area contributed by atoms with E-state index in [4.69, 9.17) is 16.3 Å². The standard InChI is InChI=1S/C22H23ClN4O2/c1-11-5-14(25-9-11)8-16-15-6-13(7-18(23)20(15)27-21(16)28)17-10-26-22-19(12(17)2)24-3-4-29-22/h6-8,10-11,14,24-25H,3-5,9H2,1-2H3,(H,27,28)/b16-8-. The molecule has 3 aliphatic heterocycles. The molecule has 5 rings (SSSR count). The first-order valence-corrected chi connectivity index (χ1v) is 10.4. The minimum absolute atomic E-state index is 0.101.